The molecule has 2 amide bonds. The number of hydrogen-bond donors (Lipinski definition) is 3. The van der Waals surface area contributed by atoms with Gasteiger partial charge in [0.1, 0.15) is 0 Å². The van der Waals surface area contributed by atoms with Gasteiger partial charge in [0.25, 0.3) is 5.91 Å². The second-order valence-electron chi connectivity index (χ2n) is 6.01. The van der Waals surface area contributed by atoms with Crippen LogP contribution in [0, 0.1) is 18.3 Å². The summed E-state index contributed by atoms with van der Waals surface area (Å²) in [7, 11) is -3.74. The molecule has 0 aliphatic heterocycles. The Morgan fingerprint density at radius 1 is 1.04 bits per heavy atom. The molecule has 0 unspecified atom stereocenters. The zero-order valence-corrected chi connectivity index (χ0v) is 16.3. The quantitative estimate of drug-likeness (QED) is 0.615. The van der Waals surface area contributed by atoms with Gasteiger partial charge in [-0.1, -0.05) is 6.07 Å². The minimum absolute atomic E-state index is 0.00326. The standard InChI is InChI=1S/C19H20N4O4S/c1-13-4-9-17(22-14(2)24)18(12-13)23-19(25)15-5-7-16(8-6-15)28(26,27)21-11-3-10-20/h4-9,12,21H,3,11H2,1-2H3,(H,22,24)(H,23,25). The average molecular weight is 400 g/mol. The summed E-state index contributed by atoms with van der Waals surface area (Å²) in [4.78, 5) is 23.8. The largest absolute Gasteiger partial charge is 0.325 e. The second-order valence-corrected chi connectivity index (χ2v) is 7.78. The van der Waals surface area contributed by atoms with Crippen LogP contribution in [0.15, 0.2) is 47.4 Å². The summed E-state index contributed by atoms with van der Waals surface area (Å²) in [5.74, 6) is -0.712. The third-order valence-electron chi connectivity index (χ3n) is 3.69. The maximum Gasteiger partial charge on any atom is 0.255 e. The third kappa shape index (κ3) is 5.64. The van der Waals surface area contributed by atoms with Crippen LogP contribution in [0.5, 0.6) is 0 Å². The van der Waals surface area contributed by atoms with Crippen molar-refractivity contribution in [2.24, 2.45) is 0 Å². The van der Waals surface area contributed by atoms with E-state index in [0.717, 1.165) is 5.56 Å². The number of sulfonamides is 1. The lowest BCUT2D eigenvalue weighted by atomic mass is 10.1. The van der Waals surface area contributed by atoms with Gasteiger partial charge in [0, 0.05) is 25.5 Å². The molecule has 9 heteroatoms. The van der Waals surface area contributed by atoms with Gasteiger partial charge in [-0.25, -0.2) is 13.1 Å². The van der Waals surface area contributed by atoms with Gasteiger partial charge in [-0.05, 0) is 48.9 Å². The molecule has 0 aliphatic carbocycles. The molecule has 3 N–H and O–H groups in total. The van der Waals surface area contributed by atoms with Crippen LogP contribution in [0.25, 0.3) is 0 Å². The minimum Gasteiger partial charge on any atom is -0.325 e. The molecule has 8 nitrogen and oxygen atoms in total. The molecule has 28 heavy (non-hydrogen) atoms. The molecule has 0 spiro atoms. The van der Waals surface area contributed by atoms with E-state index in [-0.39, 0.29) is 29.3 Å². The molecule has 0 saturated heterocycles. The number of aryl methyl sites for hydroxylation is 1. The predicted molar refractivity (Wildman–Crippen MR) is 105 cm³/mol. The fourth-order valence-electron chi connectivity index (χ4n) is 2.36. The fraction of sp³-hybridized carbons (Fsp3) is 0.211. The first-order valence-corrected chi connectivity index (χ1v) is 9.87. The normalized spacial score (nSPS) is 10.8. The van der Waals surface area contributed by atoms with Gasteiger partial charge in [0.15, 0.2) is 0 Å². The van der Waals surface area contributed by atoms with E-state index in [2.05, 4.69) is 15.4 Å². The van der Waals surface area contributed by atoms with Crippen molar-refractivity contribution in [3.05, 3.63) is 53.6 Å². The van der Waals surface area contributed by atoms with E-state index >= 15 is 0 Å². The lowest BCUT2D eigenvalue weighted by Crippen LogP contribution is -2.24. The van der Waals surface area contributed by atoms with Crippen molar-refractivity contribution in [3.8, 4) is 6.07 Å². The van der Waals surface area contributed by atoms with Gasteiger partial charge in [-0.15, -0.1) is 0 Å². The fourth-order valence-corrected chi connectivity index (χ4v) is 3.40. The van der Waals surface area contributed by atoms with E-state index in [9.17, 15) is 18.0 Å². The molecular weight excluding hydrogens is 380 g/mol. The summed E-state index contributed by atoms with van der Waals surface area (Å²) in [5, 5.41) is 13.8. The Hall–Kier alpha value is -3.22. The van der Waals surface area contributed by atoms with Gasteiger partial charge in [0.05, 0.1) is 22.3 Å². The Balaban J connectivity index is 2.17. The smallest absolute Gasteiger partial charge is 0.255 e. The Bertz CT molecular complexity index is 1020. The number of anilines is 2. The van der Waals surface area contributed by atoms with Gasteiger partial charge < -0.3 is 10.6 Å². The lowest BCUT2D eigenvalue weighted by Gasteiger charge is -2.13. The summed E-state index contributed by atoms with van der Waals surface area (Å²) in [6, 6.07) is 12.5. The third-order valence-corrected chi connectivity index (χ3v) is 5.17. The Morgan fingerprint density at radius 3 is 2.32 bits per heavy atom. The highest BCUT2D eigenvalue weighted by Gasteiger charge is 2.15. The van der Waals surface area contributed by atoms with Crippen LogP contribution in [0.3, 0.4) is 0 Å². The molecule has 0 fully saturated rings. The molecule has 0 atom stereocenters. The van der Waals surface area contributed by atoms with E-state index < -0.39 is 15.9 Å². The monoisotopic (exact) mass is 400 g/mol. The molecule has 0 bridgehead atoms. The zero-order valence-electron chi connectivity index (χ0n) is 15.4. The van der Waals surface area contributed by atoms with Crippen LogP contribution >= 0.6 is 0 Å². The Labute approximate surface area is 163 Å². The van der Waals surface area contributed by atoms with E-state index in [1.165, 1.54) is 31.2 Å². The highest BCUT2D eigenvalue weighted by atomic mass is 32.2. The number of benzene rings is 2. The average Bonchev–Trinajstić information content (AvgIpc) is 2.64. The second kappa shape index (κ2) is 9.12. The van der Waals surface area contributed by atoms with Crippen LogP contribution in [-0.4, -0.2) is 26.8 Å². The van der Waals surface area contributed by atoms with Gasteiger partial charge >= 0.3 is 0 Å². The highest BCUT2D eigenvalue weighted by Crippen LogP contribution is 2.24. The molecule has 0 heterocycles. The number of amides is 2. The van der Waals surface area contributed by atoms with Crippen molar-refractivity contribution in [1.82, 2.24) is 4.72 Å². The maximum absolute atomic E-state index is 12.5. The van der Waals surface area contributed by atoms with Crippen LogP contribution in [0.4, 0.5) is 11.4 Å². The van der Waals surface area contributed by atoms with E-state index in [1.54, 1.807) is 18.2 Å². The summed E-state index contributed by atoms with van der Waals surface area (Å²) < 4.78 is 26.5. The summed E-state index contributed by atoms with van der Waals surface area (Å²) in [5.41, 5.74) is 2.06. The molecule has 2 rings (SSSR count). The van der Waals surface area contributed by atoms with Crippen molar-refractivity contribution in [2.45, 2.75) is 25.2 Å². The molecule has 0 aromatic heterocycles. The molecule has 0 aliphatic rings. The summed E-state index contributed by atoms with van der Waals surface area (Å²) >= 11 is 0. The first-order valence-electron chi connectivity index (χ1n) is 8.39. The first-order chi connectivity index (χ1) is 13.2. The van der Waals surface area contributed by atoms with Crippen molar-refractivity contribution < 1.29 is 18.0 Å². The number of rotatable bonds is 7. The van der Waals surface area contributed by atoms with Crippen LogP contribution in [0.2, 0.25) is 0 Å². The molecule has 0 radical (unpaired) electrons. The van der Waals surface area contributed by atoms with Gasteiger partial charge in [-0.2, -0.15) is 5.26 Å². The van der Waals surface area contributed by atoms with Crippen LogP contribution < -0.4 is 15.4 Å². The molecule has 0 saturated carbocycles. The summed E-state index contributed by atoms with van der Waals surface area (Å²) in [6.45, 7) is 3.24. The number of carbonyl (C=O) groups excluding carboxylic acids is 2. The number of nitrogens with zero attached hydrogens (tertiary/aromatic N) is 1. The highest BCUT2D eigenvalue weighted by molar-refractivity contribution is 7.89. The predicted octanol–water partition coefficient (Wildman–Crippen LogP) is 2.40. The summed E-state index contributed by atoms with van der Waals surface area (Å²) in [6.07, 6.45) is 0.0623. The van der Waals surface area contributed by atoms with Crippen molar-refractivity contribution >= 4 is 33.2 Å². The van der Waals surface area contributed by atoms with Gasteiger partial charge in [0.2, 0.25) is 15.9 Å². The Morgan fingerprint density at radius 2 is 1.71 bits per heavy atom. The number of carbonyl (C=O) groups is 2. The van der Waals surface area contributed by atoms with Crippen molar-refractivity contribution in [3.63, 3.8) is 0 Å². The van der Waals surface area contributed by atoms with E-state index in [0.29, 0.717) is 11.4 Å². The molecular formula is C19H20N4O4S. The maximum atomic E-state index is 12.5. The number of nitriles is 1. The van der Waals surface area contributed by atoms with E-state index in [4.69, 9.17) is 5.26 Å². The lowest BCUT2D eigenvalue weighted by molar-refractivity contribution is -0.114. The van der Waals surface area contributed by atoms with Crippen molar-refractivity contribution in [1.29, 1.82) is 5.26 Å². The topological polar surface area (TPSA) is 128 Å². The number of hydrogen-bond acceptors (Lipinski definition) is 5. The molecule has 2 aromatic carbocycles. The van der Waals surface area contributed by atoms with Crippen molar-refractivity contribution in [2.75, 3.05) is 17.2 Å². The number of nitrogens with one attached hydrogen (secondary N) is 3. The SMILES string of the molecule is CC(=O)Nc1ccc(C)cc1NC(=O)c1ccc(S(=O)(=O)NCCC#N)cc1. The molecule has 146 valence electrons. The van der Waals surface area contributed by atoms with Crippen LogP contribution in [0.1, 0.15) is 29.3 Å². The minimum atomic E-state index is -3.74. The first kappa shape index (κ1) is 21.1. The van der Waals surface area contributed by atoms with E-state index in [1.807, 2.05) is 13.0 Å². The Kier molecular flexibility index (Phi) is 6.87. The van der Waals surface area contributed by atoms with Crippen LogP contribution in [-0.2, 0) is 14.8 Å². The zero-order chi connectivity index (χ0) is 20.7. The van der Waals surface area contributed by atoms with Gasteiger partial charge in [-0.3, -0.25) is 9.59 Å². The molecule has 2 aromatic rings.